The number of hydrogen-bond acceptors (Lipinski definition) is 3. The van der Waals surface area contributed by atoms with E-state index in [-0.39, 0.29) is 11.8 Å². The lowest BCUT2D eigenvalue weighted by atomic mass is 10.1. The number of phenols is 1. The van der Waals surface area contributed by atoms with Crippen molar-refractivity contribution >= 4 is 22.9 Å². The number of halogens is 1. The van der Waals surface area contributed by atoms with E-state index in [1.165, 1.54) is 0 Å². The Morgan fingerprint density at radius 2 is 2.13 bits per heavy atom. The molecule has 0 saturated heterocycles. The molecule has 0 saturated carbocycles. The Labute approximate surface area is 96.9 Å². The van der Waals surface area contributed by atoms with Crippen LogP contribution in [0.5, 0.6) is 5.75 Å². The first-order valence-electron chi connectivity index (χ1n) is 4.46. The van der Waals surface area contributed by atoms with Gasteiger partial charge >= 0.3 is 0 Å². The van der Waals surface area contributed by atoms with E-state index in [1.807, 2.05) is 17.5 Å². The van der Waals surface area contributed by atoms with Gasteiger partial charge in [-0.25, -0.2) is 0 Å². The van der Waals surface area contributed by atoms with E-state index in [2.05, 4.69) is 0 Å². The molecular weight excluding hydrogens is 230 g/mol. The molecule has 1 aromatic heterocycles. The minimum Gasteiger partial charge on any atom is -0.508 e. The monoisotopic (exact) mass is 239 g/mol. The van der Waals surface area contributed by atoms with Crippen molar-refractivity contribution in [1.29, 1.82) is 0 Å². The fourth-order valence-corrected chi connectivity index (χ4v) is 2.32. The van der Waals surface area contributed by atoms with E-state index < -0.39 is 0 Å². The molecule has 78 valence electrons. The van der Waals surface area contributed by atoms with Gasteiger partial charge in [0.1, 0.15) is 5.75 Å². The zero-order chi connectivity index (χ0) is 10.8. The second-order valence-corrected chi connectivity index (χ2v) is 4.61. The predicted molar refractivity (Wildman–Crippen MR) is 63.5 cm³/mol. The van der Waals surface area contributed by atoms with Crippen LogP contribution in [0.4, 0.5) is 0 Å². The molecule has 2 aromatic rings. The van der Waals surface area contributed by atoms with Crippen molar-refractivity contribution in [2.24, 2.45) is 5.73 Å². The van der Waals surface area contributed by atoms with E-state index in [0.29, 0.717) is 10.6 Å². The largest absolute Gasteiger partial charge is 0.508 e. The molecule has 3 N–H and O–H groups in total. The van der Waals surface area contributed by atoms with Crippen LogP contribution in [0.15, 0.2) is 35.7 Å². The lowest BCUT2D eigenvalue weighted by Crippen LogP contribution is -2.10. The van der Waals surface area contributed by atoms with E-state index in [1.54, 1.807) is 29.5 Å². The standard InChI is InChI=1S/C11H10ClNOS/c12-7-3-4-9(14)8(6-7)11(13)10-2-1-5-15-10/h1-6,11,14H,13H2/t11-/m1/s1. The maximum absolute atomic E-state index is 9.67. The first kappa shape index (κ1) is 10.5. The SMILES string of the molecule is N[C@@H](c1cccs1)c1cc(Cl)ccc1O. The van der Waals surface area contributed by atoms with Crippen molar-refractivity contribution in [3.05, 3.63) is 51.2 Å². The highest BCUT2D eigenvalue weighted by atomic mass is 35.5. The predicted octanol–water partition coefficient (Wildman–Crippen LogP) is 3.16. The molecule has 0 fully saturated rings. The van der Waals surface area contributed by atoms with Crippen LogP contribution in [0.1, 0.15) is 16.5 Å². The average molecular weight is 240 g/mol. The summed E-state index contributed by atoms with van der Waals surface area (Å²) in [6, 6.07) is 8.45. The molecule has 1 aromatic carbocycles. The summed E-state index contributed by atoms with van der Waals surface area (Å²) in [6.45, 7) is 0. The second kappa shape index (κ2) is 4.23. The topological polar surface area (TPSA) is 46.2 Å². The van der Waals surface area contributed by atoms with Crippen molar-refractivity contribution < 1.29 is 5.11 Å². The fourth-order valence-electron chi connectivity index (χ4n) is 1.40. The van der Waals surface area contributed by atoms with Gasteiger partial charge in [0.2, 0.25) is 0 Å². The summed E-state index contributed by atoms with van der Waals surface area (Å²) < 4.78 is 0. The number of phenolic OH excluding ortho intramolecular Hbond substituents is 1. The number of rotatable bonds is 2. The Morgan fingerprint density at radius 1 is 1.33 bits per heavy atom. The maximum Gasteiger partial charge on any atom is 0.120 e. The number of hydrogen-bond donors (Lipinski definition) is 2. The first-order valence-corrected chi connectivity index (χ1v) is 5.71. The van der Waals surface area contributed by atoms with Crippen LogP contribution in [-0.2, 0) is 0 Å². The van der Waals surface area contributed by atoms with E-state index >= 15 is 0 Å². The zero-order valence-electron chi connectivity index (χ0n) is 7.85. The summed E-state index contributed by atoms with van der Waals surface area (Å²) in [4.78, 5) is 1.01. The van der Waals surface area contributed by atoms with Gasteiger partial charge in [-0.15, -0.1) is 11.3 Å². The van der Waals surface area contributed by atoms with E-state index in [9.17, 15) is 5.11 Å². The second-order valence-electron chi connectivity index (χ2n) is 3.20. The lowest BCUT2D eigenvalue weighted by molar-refractivity contribution is 0.465. The van der Waals surface area contributed by atoms with Crippen molar-refractivity contribution in [3.63, 3.8) is 0 Å². The minimum absolute atomic E-state index is 0.181. The smallest absolute Gasteiger partial charge is 0.120 e. The van der Waals surface area contributed by atoms with Gasteiger partial charge < -0.3 is 10.8 Å². The summed E-state index contributed by atoms with van der Waals surface area (Å²) in [5.41, 5.74) is 6.68. The summed E-state index contributed by atoms with van der Waals surface area (Å²) in [5, 5.41) is 12.2. The number of aromatic hydroxyl groups is 1. The Kier molecular flexibility index (Phi) is 2.95. The molecule has 0 spiro atoms. The van der Waals surface area contributed by atoms with Crippen LogP contribution in [0, 0.1) is 0 Å². The number of benzene rings is 1. The molecule has 1 atom stereocenters. The minimum atomic E-state index is -0.316. The molecule has 0 aliphatic carbocycles. The van der Waals surface area contributed by atoms with Crippen LogP contribution < -0.4 is 5.73 Å². The fraction of sp³-hybridized carbons (Fsp3) is 0.0909. The van der Waals surface area contributed by atoms with Gasteiger partial charge in [0, 0.05) is 15.5 Å². The zero-order valence-corrected chi connectivity index (χ0v) is 9.42. The molecule has 1 heterocycles. The molecule has 0 amide bonds. The molecular formula is C11H10ClNOS. The van der Waals surface area contributed by atoms with Gasteiger partial charge in [-0.3, -0.25) is 0 Å². The molecule has 4 heteroatoms. The van der Waals surface area contributed by atoms with Gasteiger partial charge in [0.15, 0.2) is 0 Å². The summed E-state index contributed by atoms with van der Waals surface area (Å²) in [6.07, 6.45) is 0. The lowest BCUT2D eigenvalue weighted by Gasteiger charge is -2.12. The van der Waals surface area contributed by atoms with Crippen LogP contribution in [0.3, 0.4) is 0 Å². The third-order valence-electron chi connectivity index (χ3n) is 2.17. The third-order valence-corrected chi connectivity index (χ3v) is 3.36. The molecule has 0 unspecified atom stereocenters. The Bertz CT molecular complexity index is 456. The molecule has 0 radical (unpaired) electrons. The number of thiophene rings is 1. The Morgan fingerprint density at radius 3 is 2.80 bits per heavy atom. The quantitative estimate of drug-likeness (QED) is 0.846. The normalized spacial score (nSPS) is 12.7. The molecule has 2 rings (SSSR count). The summed E-state index contributed by atoms with van der Waals surface area (Å²) in [5.74, 6) is 0.181. The highest BCUT2D eigenvalue weighted by molar-refractivity contribution is 7.10. The molecule has 2 nitrogen and oxygen atoms in total. The average Bonchev–Trinajstić information content (AvgIpc) is 2.74. The molecule has 15 heavy (non-hydrogen) atoms. The van der Waals surface area contributed by atoms with Crippen molar-refractivity contribution in [2.45, 2.75) is 6.04 Å². The highest BCUT2D eigenvalue weighted by Crippen LogP contribution is 2.31. The Balaban J connectivity index is 2.41. The van der Waals surface area contributed by atoms with Crippen molar-refractivity contribution in [1.82, 2.24) is 0 Å². The molecule has 0 aliphatic heterocycles. The van der Waals surface area contributed by atoms with Crippen LogP contribution >= 0.6 is 22.9 Å². The van der Waals surface area contributed by atoms with Crippen LogP contribution in [0.2, 0.25) is 5.02 Å². The van der Waals surface area contributed by atoms with Crippen molar-refractivity contribution in [2.75, 3.05) is 0 Å². The van der Waals surface area contributed by atoms with Gasteiger partial charge in [-0.1, -0.05) is 17.7 Å². The third kappa shape index (κ3) is 2.15. The van der Waals surface area contributed by atoms with E-state index in [4.69, 9.17) is 17.3 Å². The van der Waals surface area contributed by atoms with Crippen LogP contribution in [0.25, 0.3) is 0 Å². The first-order chi connectivity index (χ1) is 7.18. The molecule has 0 aliphatic rings. The number of nitrogens with two attached hydrogens (primary N) is 1. The van der Waals surface area contributed by atoms with Gasteiger partial charge in [-0.05, 0) is 29.6 Å². The van der Waals surface area contributed by atoms with Crippen LogP contribution in [-0.4, -0.2) is 5.11 Å². The van der Waals surface area contributed by atoms with Crippen molar-refractivity contribution in [3.8, 4) is 5.75 Å². The van der Waals surface area contributed by atoms with Gasteiger partial charge in [-0.2, -0.15) is 0 Å². The Hall–Kier alpha value is -1.03. The summed E-state index contributed by atoms with van der Waals surface area (Å²) in [7, 11) is 0. The maximum atomic E-state index is 9.67. The molecule has 0 bridgehead atoms. The van der Waals surface area contributed by atoms with Gasteiger partial charge in [0.05, 0.1) is 6.04 Å². The summed E-state index contributed by atoms with van der Waals surface area (Å²) >= 11 is 7.42. The van der Waals surface area contributed by atoms with Gasteiger partial charge in [0.25, 0.3) is 0 Å². The highest BCUT2D eigenvalue weighted by Gasteiger charge is 2.14. The van der Waals surface area contributed by atoms with E-state index in [0.717, 1.165) is 4.88 Å².